The number of halogens is 3. The van der Waals surface area contributed by atoms with Gasteiger partial charge in [-0.15, -0.1) is 10.2 Å². The van der Waals surface area contributed by atoms with Crippen LogP contribution < -0.4 is 0 Å². The lowest BCUT2D eigenvalue weighted by Gasteiger charge is -1.99. The molecule has 0 bridgehead atoms. The fraction of sp³-hybridized carbons (Fsp3) is 0.0526. The zero-order valence-electron chi connectivity index (χ0n) is 14.1. The van der Waals surface area contributed by atoms with Gasteiger partial charge in [0, 0.05) is 18.0 Å². The van der Waals surface area contributed by atoms with E-state index in [1.165, 1.54) is 5.39 Å². The molecule has 2 heterocycles. The van der Waals surface area contributed by atoms with Gasteiger partial charge in [-0.3, -0.25) is 4.98 Å². The monoisotopic (exact) mass is 387 g/mol. The van der Waals surface area contributed by atoms with Gasteiger partial charge in [0.05, 0.1) is 5.56 Å². The molecule has 0 saturated carbocycles. The fourth-order valence-electron chi connectivity index (χ4n) is 2.27. The number of hydrogen-bond donors (Lipinski definition) is 1. The van der Waals surface area contributed by atoms with Gasteiger partial charge in [0.25, 0.3) is 0 Å². The van der Waals surface area contributed by atoms with E-state index in [1.54, 1.807) is 12.4 Å². The lowest BCUT2D eigenvalue weighted by atomic mass is 10.1. The molecule has 0 aliphatic heterocycles. The third-order valence-electron chi connectivity index (χ3n) is 3.57. The molecule has 2 aromatic heterocycles. The third kappa shape index (κ3) is 4.50. The second-order valence-corrected chi connectivity index (χ2v) is 5.52. The molecular formula is C19H12F3N3O3. The van der Waals surface area contributed by atoms with Crippen molar-refractivity contribution in [1.29, 1.82) is 0 Å². The van der Waals surface area contributed by atoms with Crippen molar-refractivity contribution >= 4 is 16.7 Å². The van der Waals surface area contributed by atoms with Crippen LogP contribution in [0.4, 0.5) is 13.2 Å². The van der Waals surface area contributed by atoms with Gasteiger partial charge in [-0.05, 0) is 35.0 Å². The lowest BCUT2D eigenvalue weighted by molar-refractivity contribution is -0.192. The van der Waals surface area contributed by atoms with Crippen molar-refractivity contribution in [2.45, 2.75) is 6.18 Å². The molecule has 0 atom stereocenters. The first-order chi connectivity index (χ1) is 13.3. The summed E-state index contributed by atoms with van der Waals surface area (Å²) >= 11 is 0. The summed E-state index contributed by atoms with van der Waals surface area (Å²) in [5.74, 6) is -1.77. The summed E-state index contributed by atoms with van der Waals surface area (Å²) in [6, 6.07) is 18.0. The highest BCUT2D eigenvalue weighted by Gasteiger charge is 2.38. The van der Waals surface area contributed by atoms with Crippen molar-refractivity contribution in [3.8, 4) is 22.9 Å². The van der Waals surface area contributed by atoms with Crippen molar-refractivity contribution in [1.82, 2.24) is 15.2 Å². The zero-order valence-corrected chi connectivity index (χ0v) is 14.1. The van der Waals surface area contributed by atoms with Crippen LogP contribution in [-0.4, -0.2) is 32.4 Å². The standard InChI is InChI=1S/C17H11N3O.C2HF3O2/c1-2-5-13-10-14(8-7-12(13)4-1)16-19-20-17(21-16)15-6-3-9-18-11-15;3-2(4,5)1(6)7/h1-11H;(H,6,7). The van der Waals surface area contributed by atoms with E-state index in [0.29, 0.717) is 11.8 Å². The number of benzene rings is 2. The Morgan fingerprint density at radius 1 is 0.893 bits per heavy atom. The lowest BCUT2D eigenvalue weighted by Crippen LogP contribution is -2.21. The van der Waals surface area contributed by atoms with E-state index in [1.807, 2.05) is 30.3 Å². The number of alkyl halides is 3. The van der Waals surface area contributed by atoms with E-state index < -0.39 is 12.1 Å². The molecule has 6 nitrogen and oxygen atoms in total. The minimum atomic E-state index is -5.08. The Bertz CT molecular complexity index is 1100. The van der Waals surface area contributed by atoms with Crippen LogP contribution >= 0.6 is 0 Å². The van der Waals surface area contributed by atoms with E-state index in [2.05, 4.69) is 39.4 Å². The van der Waals surface area contributed by atoms with Crippen LogP contribution in [0.25, 0.3) is 33.7 Å². The van der Waals surface area contributed by atoms with Gasteiger partial charge in [0.1, 0.15) is 0 Å². The Balaban J connectivity index is 0.000000279. The Morgan fingerprint density at radius 3 is 2.14 bits per heavy atom. The van der Waals surface area contributed by atoms with Crippen molar-refractivity contribution in [2.75, 3.05) is 0 Å². The van der Waals surface area contributed by atoms with Gasteiger partial charge in [-0.25, -0.2) is 4.79 Å². The normalized spacial score (nSPS) is 11.0. The van der Waals surface area contributed by atoms with E-state index in [-0.39, 0.29) is 0 Å². The molecule has 0 spiro atoms. The van der Waals surface area contributed by atoms with Crippen LogP contribution in [0.5, 0.6) is 0 Å². The van der Waals surface area contributed by atoms with Crippen molar-refractivity contribution in [3.05, 3.63) is 67.0 Å². The molecule has 2 aromatic carbocycles. The van der Waals surface area contributed by atoms with Crippen molar-refractivity contribution in [3.63, 3.8) is 0 Å². The van der Waals surface area contributed by atoms with Gasteiger partial charge in [0.2, 0.25) is 11.8 Å². The average molecular weight is 387 g/mol. The number of nitrogens with zero attached hydrogens (tertiary/aromatic N) is 3. The molecule has 0 saturated heterocycles. The zero-order chi connectivity index (χ0) is 20.1. The molecule has 0 amide bonds. The summed E-state index contributed by atoms with van der Waals surface area (Å²) in [6.07, 6.45) is -1.66. The number of aliphatic carboxylic acids is 1. The Kier molecular flexibility index (Phi) is 5.35. The summed E-state index contributed by atoms with van der Waals surface area (Å²) in [5.41, 5.74) is 1.73. The Hall–Kier alpha value is -3.75. The molecule has 1 N–H and O–H groups in total. The van der Waals surface area contributed by atoms with Gasteiger partial charge in [-0.2, -0.15) is 13.2 Å². The van der Waals surface area contributed by atoms with Crippen molar-refractivity contribution in [2.24, 2.45) is 0 Å². The maximum Gasteiger partial charge on any atom is 0.490 e. The third-order valence-corrected chi connectivity index (χ3v) is 3.57. The quantitative estimate of drug-likeness (QED) is 0.541. The molecule has 0 aliphatic carbocycles. The molecule has 28 heavy (non-hydrogen) atoms. The summed E-state index contributed by atoms with van der Waals surface area (Å²) < 4.78 is 37.5. The number of rotatable bonds is 2. The highest BCUT2D eigenvalue weighted by atomic mass is 19.4. The number of carboxylic acid groups (broad SMARTS) is 1. The minimum absolute atomic E-state index is 0.478. The first-order valence-electron chi connectivity index (χ1n) is 7.88. The number of aromatic nitrogens is 3. The van der Waals surface area contributed by atoms with Gasteiger partial charge >= 0.3 is 12.1 Å². The molecular weight excluding hydrogens is 375 g/mol. The maximum absolute atomic E-state index is 10.6. The summed E-state index contributed by atoms with van der Waals surface area (Å²) in [4.78, 5) is 13.0. The van der Waals surface area contributed by atoms with Crippen molar-refractivity contribution < 1.29 is 27.5 Å². The van der Waals surface area contributed by atoms with Gasteiger partial charge in [0.15, 0.2) is 0 Å². The van der Waals surface area contributed by atoms with E-state index in [4.69, 9.17) is 14.3 Å². The predicted molar refractivity (Wildman–Crippen MR) is 94.2 cm³/mol. The Morgan fingerprint density at radius 2 is 1.54 bits per heavy atom. The summed E-state index contributed by atoms with van der Waals surface area (Å²) in [5, 5.41) is 17.7. The van der Waals surface area contributed by atoms with Crippen LogP contribution in [-0.2, 0) is 4.79 Å². The van der Waals surface area contributed by atoms with Crippen LogP contribution in [0.1, 0.15) is 0 Å². The van der Waals surface area contributed by atoms with Gasteiger partial charge < -0.3 is 9.52 Å². The second-order valence-electron chi connectivity index (χ2n) is 5.52. The smallest absolute Gasteiger partial charge is 0.475 e. The fourth-order valence-corrected chi connectivity index (χ4v) is 2.27. The highest BCUT2D eigenvalue weighted by molar-refractivity contribution is 5.86. The SMILES string of the molecule is O=C(O)C(F)(F)F.c1cncc(-c2nnc(-c3ccc4ccccc4c3)o2)c1. The topological polar surface area (TPSA) is 89.1 Å². The van der Waals surface area contributed by atoms with Crippen LogP contribution in [0.3, 0.4) is 0 Å². The van der Waals surface area contributed by atoms with Gasteiger partial charge in [-0.1, -0.05) is 30.3 Å². The Labute approximate surface area is 156 Å². The number of hydrogen-bond acceptors (Lipinski definition) is 5. The van der Waals surface area contributed by atoms with Crippen LogP contribution in [0, 0.1) is 0 Å². The number of carbonyl (C=O) groups is 1. The van der Waals surface area contributed by atoms with E-state index in [9.17, 15) is 13.2 Å². The molecule has 9 heteroatoms. The number of carboxylic acids is 1. The molecule has 4 rings (SSSR count). The molecule has 0 unspecified atom stereocenters. The molecule has 0 aliphatic rings. The number of pyridine rings is 1. The molecule has 0 fully saturated rings. The first kappa shape index (κ1) is 19.0. The van der Waals surface area contributed by atoms with E-state index >= 15 is 0 Å². The predicted octanol–water partition coefficient (Wildman–Crippen LogP) is 4.59. The largest absolute Gasteiger partial charge is 0.490 e. The second kappa shape index (κ2) is 7.87. The molecule has 0 radical (unpaired) electrons. The first-order valence-corrected chi connectivity index (χ1v) is 7.88. The summed E-state index contributed by atoms with van der Waals surface area (Å²) in [6.45, 7) is 0. The average Bonchev–Trinajstić information content (AvgIpc) is 3.18. The number of fused-ring (bicyclic) bond motifs is 1. The summed E-state index contributed by atoms with van der Waals surface area (Å²) in [7, 11) is 0. The minimum Gasteiger partial charge on any atom is -0.475 e. The molecule has 142 valence electrons. The highest BCUT2D eigenvalue weighted by Crippen LogP contribution is 2.26. The molecule has 4 aromatic rings. The van der Waals surface area contributed by atoms with Crippen LogP contribution in [0.15, 0.2) is 71.4 Å². The van der Waals surface area contributed by atoms with E-state index in [0.717, 1.165) is 16.5 Å². The maximum atomic E-state index is 10.6. The van der Waals surface area contributed by atoms with Crippen LogP contribution in [0.2, 0.25) is 0 Å².